The summed E-state index contributed by atoms with van der Waals surface area (Å²) in [6.45, 7) is 0.891. The van der Waals surface area contributed by atoms with E-state index in [2.05, 4.69) is 10.0 Å². The lowest BCUT2D eigenvalue weighted by Crippen LogP contribution is -2.47. The molecule has 2 aliphatic heterocycles. The Hall–Kier alpha value is -3.25. The minimum Gasteiger partial charge on any atom is -0.491 e. The van der Waals surface area contributed by atoms with Gasteiger partial charge in [-0.3, -0.25) is 0 Å². The van der Waals surface area contributed by atoms with Crippen molar-refractivity contribution in [1.82, 2.24) is 14.3 Å². The lowest BCUT2D eigenvalue weighted by atomic mass is 9.88. The minimum absolute atomic E-state index is 0.0351. The van der Waals surface area contributed by atoms with Crippen molar-refractivity contribution in [3.05, 3.63) is 78.4 Å². The number of aliphatic hydroxyl groups excluding tert-OH is 1. The molecule has 47 heavy (non-hydrogen) atoms. The van der Waals surface area contributed by atoms with E-state index < -0.39 is 49.2 Å². The van der Waals surface area contributed by atoms with Crippen molar-refractivity contribution in [3.63, 3.8) is 0 Å². The Morgan fingerprint density at radius 1 is 0.979 bits per heavy atom. The SMILES string of the molecule is CNS(=O)(=O)c1cccc(OC[C@@H](O)CNC2COC3(CCN(S(=O)(=O)c4cccc(Oc5ccccc5C(F)(F)F)c4)CC3)C2)c1. The van der Waals surface area contributed by atoms with E-state index in [1.807, 2.05) is 0 Å². The number of hydrogen-bond donors (Lipinski definition) is 3. The molecule has 2 heterocycles. The Morgan fingerprint density at radius 3 is 2.34 bits per heavy atom. The van der Waals surface area contributed by atoms with Gasteiger partial charge in [0.25, 0.3) is 0 Å². The highest BCUT2D eigenvalue weighted by molar-refractivity contribution is 7.89. The van der Waals surface area contributed by atoms with E-state index in [4.69, 9.17) is 14.2 Å². The van der Waals surface area contributed by atoms with Crippen molar-refractivity contribution in [2.75, 3.05) is 39.9 Å². The number of ether oxygens (including phenoxy) is 3. The van der Waals surface area contributed by atoms with Gasteiger partial charge in [0.05, 0.1) is 27.6 Å². The Kier molecular flexibility index (Phi) is 10.5. The van der Waals surface area contributed by atoms with E-state index in [1.165, 1.54) is 66.0 Å². The first kappa shape index (κ1) is 35.1. The molecule has 1 unspecified atom stereocenters. The summed E-state index contributed by atoms with van der Waals surface area (Å²) in [4.78, 5) is -0.0418. The maximum Gasteiger partial charge on any atom is 0.419 e. The molecule has 2 fully saturated rings. The Labute approximate surface area is 271 Å². The Balaban J connectivity index is 1.11. The van der Waals surface area contributed by atoms with Gasteiger partial charge in [0.15, 0.2) is 0 Å². The monoisotopic (exact) mass is 699 g/mol. The molecule has 5 rings (SSSR count). The van der Waals surface area contributed by atoms with Crippen LogP contribution < -0.4 is 19.5 Å². The van der Waals surface area contributed by atoms with E-state index in [9.17, 15) is 35.1 Å². The van der Waals surface area contributed by atoms with Gasteiger partial charge >= 0.3 is 6.18 Å². The van der Waals surface area contributed by atoms with Gasteiger partial charge in [-0.1, -0.05) is 24.3 Å². The smallest absolute Gasteiger partial charge is 0.419 e. The number of aliphatic hydroxyl groups is 1. The molecule has 1 spiro atoms. The third-order valence-electron chi connectivity index (χ3n) is 8.18. The van der Waals surface area contributed by atoms with Gasteiger partial charge in [0, 0.05) is 37.8 Å². The molecular formula is C31H36F3N3O8S2. The van der Waals surface area contributed by atoms with Crippen molar-refractivity contribution in [2.45, 2.75) is 53.0 Å². The average molecular weight is 700 g/mol. The number of hydrogen-bond acceptors (Lipinski definition) is 9. The summed E-state index contributed by atoms with van der Waals surface area (Å²) in [5.74, 6) is -0.160. The third-order valence-corrected chi connectivity index (χ3v) is 11.5. The van der Waals surface area contributed by atoms with Crippen molar-refractivity contribution in [2.24, 2.45) is 0 Å². The molecule has 0 radical (unpaired) electrons. The average Bonchev–Trinajstić information content (AvgIpc) is 3.45. The first-order chi connectivity index (χ1) is 22.2. The van der Waals surface area contributed by atoms with Gasteiger partial charge < -0.3 is 24.6 Å². The summed E-state index contributed by atoms with van der Waals surface area (Å²) < 4.78 is 112. The zero-order chi connectivity index (χ0) is 33.9. The first-order valence-corrected chi connectivity index (χ1v) is 17.8. The quantitative estimate of drug-likeness (QED) is 0.258. The van der Waals surface area contributed by atoms with Crippen LogP contribution in [0.1, 0.15) is 24.8 Å². The lowest BCUT2D eigenvalue weighted by Gasteiger charge is -2.38. The fourth-order valence-corrected chi connectivity index (χ4v) is 7.87. The topological polar surface area (TPSA) is 144 Å². The molecule has 16 heteroatoms. The summed E-state index contributed by atoms with van der Waals surface area (Å²) in [7, 11) is -6.28. The van der Waals surface area contributed by atoms with Gasteiger partial charge in [-0.25, -0.2) is 21.6 Å². The van der Waals surface area contributed by atoms with Crippen molar-refractivity contribution >= 4 is 20.0 Å². The molecule has 3 aromatic carbocycles. The van der Waals surface area contributed by atoms with Gasteiger partial charge in [-0.15, -0.1) is 0 Å². The molecule has 11 nitrogen and oxygen atoms in total. The molecule has 2 atom stereocenters. The highest BCUT2D eigenvalue weighted by Crippen LogP contribution is 2.40. The maximum atomic E-state index is 13.5. The Morgan fingerprint density at radius 2 is 1.64 bits per heavy atom. The van der Waals surface area contributed by atoms with Gasteiger partial charge in [-0.05, 0) is 62.7 Å². The number of rotatable bonds is 12. The molecule has 2 aliphatic rings. The van der Waals surface area contributed by atoms with Crippen LogP contribution in [0.25, 0.3) is 0 Å². The molecule has 0 aliphatic carbocycles. The van der Waals surface area contributed by atoms with Crippen LogP contribution in [-0.4, -0.2) is 83.9 Å². The van der Waals surface area contributed by atoms with Gasteiger partial charge in [0.1, 0.15) is 30.0 Å². The first-order valence-electron chi connectivity index (χ1n) is 14.9. The summed E-state index contributed by atoms with van der Waals surface area (Å²) in [5, 5.41) is 13.7. The van der Waals surface area contributed by atoms with Crippen molar-refractivity contribution in [3.8, 4) is 17.2 Å². The summed E-state index contributed by atoms with van der Waals surface area (Å²) >= 11 is 0. The van der Waals surface area contributed by atoms with Crippen LogP contribution in [-0.2, 0) is 31.0 Å². The number of sulfonamides is 2. The molecule has 0 aromatic heterocycles. The Bertz CT molecular complexity index is 1770. The number of para-hydroxylation sites is 1. The standard InChI is InChI=1S/C31H36F3N3O8S2/c1-35-46(39,40)26-8-4-6-24(16-26)43-21-23(38)19-36-22-18-30(44-20-22)12-14-37(15-13-30)47(41,42)27-9-5-7-25(17-27)45-29-11-3-2-10-28(29)31(32,33)34/h2-11,16-17,22-23,35-36,38H,12-15,18-21H2,1H3/t22?,23-/m0/s1. The van der Waals surface area contributed by atoms with Crippen LogP contribution in [0.5, 0.6) is 17.2 Å². The van der Waals surface area contributed by atoms with Crippen LogP contribution in [0, 0.1) is 0 Å². The molecule has 0 amide bonds. The second kappa shape index (κ2) is 14.1. The number of benzene rings is 3. The zero-order valence-electron chi connectivity index (χ0n) is 25.4. The molecule has 256 valence electrons. The number of alkyl halides is 3. The second-order valence-corrected chi connectivity index (χ2v) is 15.2. The van der Waals surface area contributed by atoms with E-state index in [0.29, 0.717) is 31.6 Å². The van der Waals surface area contributed by atoms with Crippen molar-refractivity contribution in [1.29, 1.82) is 0 Å². The van der Waals surface area contributed by atoms with E-state index in [1.54, 1.807) is 12.1 Å². The normalized spacial score (nSPS) is 19.5. The van der Waals surface area contributed by atoms with Crippen LogP contribution in [0.2, 0.25) is 0 Å². The second-order valence-electron chi connectivity index (χ2n) is 11.4. The predicted molar refractivity (Wildman–Crippen MR) is 165 cm³/mol. The number of piperidine rings is 1. The third kappa shape index (κ3) is 8.43. The van der Waals surface area contributed by atoms with Crippen LogP contribution in [0.3, 0.4) is 0 Å². The molecular weight excluding hydrogens is 663 g/mol. The maximum absolute atomic E-state index is 13.5. The fraction of sp³-hybridized carbons (Fsp3) is 0.419. The summed E-state index contributed by atoms with van der Waals surface area (Å²) in [6.07, 6.45) is -4.03. The molecule has 2 saturated heterocycles. The molecule has 3 N–H and O–H groups in total. The molecule has 0 saturated carbocycles. The van der Waals surface area contributed by atoms with E-state index >= 15 is 0 Å². The summed E-state index contributed by atoms with van der Waals surface area (Å²) in [5.41, 5.74) is -1.50. The highest BCUT2D eigenvalue weighted by atomic mass is 32.2. The molecule has 0 bridgehead atoms. The van der Waals surface area contributed by atoms with Gasteiger partial charge in [0.2, 0.25) is 20.0 Å². The lowest BCUT2D eigenvalue weighted by molar-refractivity contribution is -0.138. The largest absolute Gasteiger partial charge is 0.491 e. The fourth-order valence-electron chi connectivity index (χ4n) is 5.62. The van der Waals surface area contributed by atoms with E-state index in [-0.39, 0.29) is 47.8 Å². The zero-order valence-corrected chi connectivity index (χ0v) is 27.1. The number of halogens is 3. The van der Waals surface area contributed by atoms with Crippen molar-refractivity contribution < 1.29 is 49.3 Å². The molecule has 3 aromatic rings. The number of nitrogens with one attached hydrogen (secondary N) is 2. The minimum atomic E-state index is -4.64. The summed E-state index contributed by atoms with van der Waals surface area (Å²) in [6, 6.07) is 16.0. The van der Waals surface area contributed by atoms with Crippen LogP contribution in [0.4, 0.5) is 13.2 Å². The van der Waals surface area contributed by atoms with Crippen LogP contribution in [0.15, 0.2) is 82.6 Å². The van der Waals surface area contributed by atoms with Gasteiger partial charge in [-0.2, -0.15) is 17.5 Å². The highest BCUT2D eigenvalue weighted by Gasteiger charge is 2.45. The van der Waals surface area contributed by atoms with Crippen LogP contribution >= 0.6 is 0 Å². The number of nitrogens with zero attached hydrogens (tertiary/aromatic N) is 1. The predicted octanol–water partition coefficient (Wildman–Crippen LogP) is 3.75. The van der Waals surface area contributed by atoms with E-state index in [0.717, 1.165) is 6.07 Å².